The molecule has 0 bridgehead atoms. The minimum absolute atomic E-state index is 0.0452. The number of aliphatic hydroxyl groups excluding tert-OH is 1. The minimum Gasteiger partial charge on any atom is -0.490 e. The number of aliphatic hydroxyl groups is 1. The van der Waals surface area contributed by atoms with Crippen molar-refractivity contribution >= 4 is 5.71 Å². The highest BCUT2D eigenvalue weighted by Gasteiger charge is 2.36. The predicted molar refractivity (Wildman–Crippen MR) is 159 cm³/mol. The number of hydrogen-bond acceptors (Lipinski definition) is 3. The van der Waals surface area contributed by atoms with Gasteiger partial charge in [-0.1, -0.05) is 83.1 Å². The van der Waals surface area contributed by atoms with E-state index in [-0.39, 0.29) is 18.3 Å². The Morgan fingerprint density at radius 1 is 0.974 bits per heavy atom. The molecular weight excluding hydrogens is 489 g/mol. The van der Waals surface area contributed by atoms with Crippen LogP contribution in [-0.4, -0.2) is 41.8 Å². The Balaban J connectivity index is 1.92. The monoisotopic (exact) mass is 538 g/mol. The highest BCUT2D eigenvalue weighted by molar-refractivity contribution is 6.00. The third-order valence-corrected chi connectivity index (χ3v) is 7.66. The first kappa shape index (κ1) is 30.9. The van der Waals surface area contributed by atoms with E-state index in [4.69, 9.17) is 9.47 Å². The summed E-state index contributed by atoms with van der Waals surface area (Å²) in [6.45, 7) is 10.3. The van der Waals surface area contributed by atoms with Crippen LogP contribution in [-0.2, 0) is 6.54 Å². The fourth-order valence-corrected chi connectivity index (χ4v) is 5.71. The van der Waals surface area contributed by atoms with Gasteiger partial charge in [-0.05, 0) is 44.0 Å². The summed E-state index contributed by atoms with van der Waals surface area (Å²) in [4.78, 5) is 0. The largest absolute Gasteiger partial charge is 0.490 e. The van der Waals surface area contributed by atoms with Gasteiger partial charge in [0, 0.05) is 30.1 Å². The summed E-state index contributed by atoms with van der Waals surface area (Å²) < 4.78 is 29.3. The molecule has 0 amide bonds. The van der Waals surface area contributed by atoms with Crippen LogP contribution in [0.4, 0.5) is 4.39 Å². The number of halogens is 1. The maximum Gasteiger partial charge on any atom is 0.184 e. The Hall–Kier alpha value is -2.66. The van der Waals surface area contributed by atoms with E-state index in [2.05, 4.69) is 24.1 Å². The number of fused-ring (bicyclic) bond motifs is 1. The summed E-state index contributed by atoms with van der Waals surface area (Å²) in [5.74, 6) is 1.35. The van der Waals surface area contributed by atoms with Gasteiger partial charge in [0.05, 0.1) is 12.2 Å². The molecule has 4 nitrogen and oxygen atoms in total. The number of nitrogens with zero attached hydrogens (tertiary/aromatic N) is 1. The molecule has 214 valence electrons. The molecule has 2 aromatic rings. The third-order valence-electron chi connectivity index (χ3n) is 7.66. The van der Waals surface area contributed by atoms with E-state index in [0.29, 0.717) is 38.3 Å². The predicted octanol–water partition coefficient (Wildman–Crippen LogP) is 8.19. The number of unbranched alkanes of at least 4 members (excludes halogenated alkanes) is 8. The van der Waals surface area contributed by atoms with Gasteiger partial charge in [0.2, 0.25) is 0 Å². The van der Waals surface area contributed by atoms with E-state index in [9.17, 15) is 9.50 Å². The highest BCUT2D eigenvalue weighted by Crippen LogP contribution is 2.43. The zero-order chi connectivity index (χ0) is 27.9. The van der Waals surface area contributed by atoms with E-state index < -0.39 is 0 Å². The SMILES string of the molecule is C=CCOc1c(OCC)ccc2c1C(CCO)C[N+](Cc1ccccc1F)=C2CCCCCCCCCCC. The van der Waals surface area contributed by atoms with Crippen molar-refractivity contribution in [1.82, 2.24) is 0 Å². The molecule has 0 saturated carbocycles. The summed E-state index contributed by atoms with van der Waals surface area (Å²) in [5, 5.41) is 9.99. The van der Waals surface area contributed by atoms with Crippen molar-refractivity contribution in [2.24, 2.45) is 0 Å². The topological polar surface area (TPSA) is 41.7 Å². The molecule has 2 aromatic carbocycles. The molecular formula is C34H49FNO3+. The van der Waals surface area contributed by atoms with Gasteiger partial charge in [-0.15, -0.1) is 0 Å². The first-order chi connectivity index (χ1) is 19.1. The van der Waals surface area contributed by atoms with Crippen molar-refractivity contribution in [2.75, 3.05) is 26.4 Å². The third kappa shape index (κ3) is 8.93. The van der Waals surface area contributed by atoms with Gasteiger partial charge in [-0.2, -0.15) is 0 Å². The maximum absolute atomic E-state index is 14.7. The fourth-order valence-electron chi connectivity index (χ4n) is 5.71. The van der Waals surface area contributed by atoms with Crippen LogP contribution in [0.2, 0.25) is 0 Å². The molecule has 0 aliphatic carbocycles. The standard InChI is InChI=1S/C34H49FNO3/c1-4-7-8-9-10-11-12-13-14-19-31-29-20-21-32(38-6-3)34(39-24-5-2)33(29)28(22-23-37)26-36(31)25-27-17-15-16-18-30(27)35/h5,15-18,20-21,28,37H,2,4,6-14,19,22-26H2,1,3H3/q+1. The van der Waals surface area contributed by atoms with Gasteiger partial charge in [-0.3, -0.25) is 0 Å². The smallest absolute Gasteiger partial charge is 0.184 e. The second kappa shape index (κ2) is 17.1. The summed E-state index contributed by atoms with van der Waals surface area (Å²) in [6.07, 6.45) is 14.8. The van der Waals surface area contributed by atoms with E-state index in [1.165, 1.54) is 63.1 Å². The molecule has 0 spiro atoms. The van der Waals surface area contributed by atoms with Crippen LogP contribution in [0.25, 0.3) is 0 Å². The van der Waals surface area contributed by atoms with Gasteiger partial charge in [0.1, 0.15) is 12.4 Å². The molecule has 1 unspecified atom stereocenters. The molecule has 0 radical (unpaired) electrons. The van der Waals surface area contributed by atoms with Crippen LogP contribution in [0, 0.1) is 5.82 Å². The Kier molecular flexibility index (Phi) is 13.6. The van der Waals surface area contributed by atoms with Gasteiger partial charge in [-0.25, -0.2) is 8.97 Å². The van der Waals surface area contributed by atoms with Crippen molar-refractivity contribution < 1.29 is 23.5 Å². The van der Waals surface area contributed by atoms with Gasteiger partial charge in [0.15, 0.2) is 30.3 Å². The fraction of sp³-hybridized carbons (Fsp3) is 0.559. The summed E-state index contributed by atoms with van der Waals surface area (Å²) in [6, 6.07) is 11.2. The maximum atomic E-state index is 14.7. The summed E-state index contributed by atoms with van der Waals surface area (Å²) >= 11 is 0. The van der Waals surface area contributed by atoms with Gasteiger partial charge >= 0.3 is 0 Å². The molecule has 0 aromatic heterocycles. The van der Waals surface area contributed by atoms with E-state index in [1.54, 1.807) is 12.1 Å². The Morgan fingerprint density at radius 2 is 1.69 bits per heavy atom. The molecule has 3 rings (SSSR count). The number of ether oxygens (including phenoxy) is 2. The normalized spacial score (nSPS) is 14.8. The van der Waals surface area contributed by atoms with E-state index in [1.807, 2.05) is 25.1 Å². The van der Waals surface area contributed by atoms with Crippen LogP contribution in [0.5, 0.6) is 11.5 Å². The van der Waals surface area contributed by atoms with Crippen molar-refractivity contribution in [3.63, 3.8) is 0 Å². The highest BCUT2D eigenvalue weighted by atomic mass is 19.1. The second-order valence-corrected chi connectivity index (χ2v) is 10.6. The van der Waals surface area contributed by atoms with Crippen LogP contribution >= 0.6 is 0 Å². The molecule has 5 heteroatoms. The molecule has 1 aliphatic rings. The first-order valence-electron chi connectivity index (χ1n) is 15.1. The Bertz CT molecular complexity index is 1060. The number of rotatable bonds is 19. The quantitative estimate of drug-likeness (QED) is 0.111. The lowest BCUT2D eigenvalue weighted by atomic mass is 9.83. The minimum atomic E-state index is -0.175. The van der Waals surface area contributed by atoms with Crippen LogP contribution < -0.4 is 9.47 Å². The van der Waals surface area contributed by atoms with E-state index in [0.717, 1.165) is 35.5 Å². The molecule has 1 heterocycles. The lowest BCUT2D eigenvalue weighted by molar-refractivity contribution is -0.550. The lowest BCUT2D eigenvalue weighted by Gasteiger charge is -2.28. The average Bonchev–Trinajstić information content (AvgIpc) is 2.94. The van der Waals surface area contributed by atoms with Crippen molar-refractivity contribution in [1.29, 1.82) is 0 Å². The molecule has 39 heavy (non-hydrogen) atoms. The lowest BCUT2D eigenvalue weighted by Crippen LogP contribution is -2.34. The zero-order valence-electron chi connectivity index (χ0n) is 24.2. The van der Waals surface area contributed by atoms with Crippen LogP contribution in [0.3, 0.4) is 0 Å². The Morgan fingerprint density at radius 3 is 2.36 bits per heavy atom. The molecule has 1 aliphatic heterocycles. The Labute approximate surface area is 235 Å². The second-order valence-electron chi connectivity index (χ2n) is 10.6. The molecule has 0 fully saturated rings. The van der Waals surface area contributed by atoms with Crippen molar-refractivity contribution in [2.45, 2.75) is 96.9 Å². The van der Waals surface area contributed by atoms with Gasteiger partial charge in [0.25, 0.3) is 0 Å². The van der Waals surface area contributed by atoms with Crippen LogP contribution in [0.1, 0.15) is 107 Å². The zero-order valence-corrected chi connectivity index (χ0v) is 24.2. The van der Waals surface area contributed by atoms with Gasteiger partial charge < -0.3 is 14.6 Å². The molecule has 1 N–H and O–H groups in total. The summed E-state index contributed by atoms with van der Waals surface area (Å²) in [7, 11) is 0. The molecule has 1 atom stereocenters. The molecule has 0 saturated heterocycles. The average molecular weight is 539 g/mol. The van der Waals surface area contributed by atoms with E-state index >= 15 is 0 Å². The van der Waals surface area contributed by atoms with Crippen molar-refractivity contribution in [3.8, 4) is 11.5 Å². The summed E-state index contributed by atoms with van der Waals surface area (Å²) in [5.41, 5.74) is 4.17. The van der Waals surface area contributed by atoms with Crippen LogP contribution in [0.15, 0.2) is 49.1 Å². The number of benzene rings is 2. The number of hydrogen-bond donors (Lipinski definition) is 1. The first-order valence-corrected chi connectivity index (χ1v) is 15.1. The van der Waals surface area contributed by atoms with Crippen molar-refractivity contribution in [3.05, 3.63) is 71.6 Å².